The van der Waals surface area contributed by atoms with Gasteiger partial charge in [0.1, 0.15) is 6.54 Å². The van der Waals surface area contributed by atoms with Crippen LogP contribution >= 0.6 is 0 Å². The number of pyridine rings is 1. The van der Waals surface area contributed by atoms with Crippen LogP contribution in [0, 0.1) is 0 Å². The minimum atomic E-state index is -0.254. The normalized spacial score (nSPS) is 10.1. The third kappa shape index (κ3) is 3.74. The predicted molar refractivity (Wildman–Crippen MR) is 60.0 cm³/mol. The molecule has 0 saturated heterocycles. The lowest BCUT2D eigenvalue weighted by Gasteiger charge is -2.07. The van der Waals surface area contributed by atoms with Crippen LogP contribution in [0.3, 0.4) is 0 Å². The zero-order chi connectivity index (χ0) is 12.0. The highest BCUT2D eigenvalue weighted by atomic mass is 16.5. The molecular weight excluding hydrogens is 210 g/mol. The van der Waals surface area contributed by atoms with Crippen LogP contribution in [-0.4, -0.2) is 30.7 Å². The molecule has 6 heteroatoms. The van der Waals surface area contributed by atoms with E-state index in [1.165, 1.54) is 22.9 Å². The Hall–Kier alpha value is -1.82. The van der Waals surface area contributed by atoms with E-state index in [2.05, 4.69) is 5.32 Å². The smallest absolute Gasteiger partial charge is 0.251 e. The van der Waals surface area contributed by atoms with Crippen molar-refractivity contribution in [2.24, 2.45) is 0 Å². The maximum atomic E-state index is 11.4. The summed E-state index contributed by atoms with van der Waals surface area (Å²) in [5, 5.41) is 2.61. The maximum Gasteiger partial charge on any atom is 0.251 e. The summed E-state index contributed by atoms with van der Waals surface area (Å²) in [4.78, 5) is 22.7. The zero-order valence-electron chi connectivity index (χ0n) is 9.10. The summed E-state index contributed by atoms with van der Waals surface area (Å²) in [6.45, 7) is 0.831. The minimum absolute atomic E-state index is 0.0341. The van der Waals surface area contributed by atoms with Gasteiger partial charge in [-0.05, 0) is 6.07 Å². The topological polar surface area (TPSA) is 86.3 Å². The molecule has 0 saturated carbocycles. The van der Waals surface area contributed by atoms with Gasteiger partial charge in [-0.1, -0.05) is 0 Å². The van der Waals surface area contributed by atoms with Gasteiger partial charge in [-0.15, -0.1) is 0 Å². The van der Waals surface area contributed by atoms with Gasteiger partial charge in [0.2, 0.25) is 5.91 Å². The van der Waals surface area contributed by atoms with E-state index in [0.29, 0.717) is 18.8 Å². The second-order valence-corrected chi connectivity index (χ2v) is 3.27. The van der Waals surface area contributed by atoms with Gasteiger partial charge in [0.25, 0.3) is 5.56 Å². The van der Waals surface area contributed by atoms with Crippen molar-refractivity contribution in [1.82, 2.24) is 9.88 Å². The van der Waals surface area contributed by atoms with Gasteiger partial charge >= 0.3 is 0 Å². The third-order valence-electron chi connectivity index (χ3n) is 1.95. The van der Waals surface area contributed by atoms with Crippen LogP contribution < -0.4 is 16.6 Å². The lowest BCUT2D eigenvalue weighted by molar-refractivity contribution is -0.121. The Morgan fingerprint density at radius 2 is 2.31 bits per heavy atom. The molecule has 0 atom stereocenters. The van der Waals surface area contributed by atoms with E-state index < -0.39 is 0 Å². The Kier molecular flexibility index (Phi) is 4.53. The van der Waals surface area contributed by atoms with Gasteiger partial charge in [-0.2, -0.15) is 0 Å². The molecule has 0 aliphatic rings. The molecule has 3 N–H and O–H groups in total. The van der Waals surface area contributed by atoms with Gasteiger partial charge in [0.05, 0.1) is 6.61 Å². The highest BCUT2D eigenvalue weighted by Crippen LogP contribution is 1.95. The van der Waals surface area contributed by atoms with Crippen molar-refractivity contribution in [3.8, 4) is 0 Å². The zero-order valence-corrected chi connectivity index (χ0v) is 9.10. The number of ether oxygens (including phenoxy) is 1. The highest BCUT2D eigenvalue weighted by molar-refractivity contribution is 5.75. The van der Waals surface area contributed by atoms with E-state index in [4.69, 9.17) is 10.5 Å². The van der Waals surface area contributed by atoms with Gasteiger partial charge in [0.15, 0.2) is 0 Å². The van der Waals surface area contributed by atoms with E-state index in [9.17, 15) is 9.59 Å². The van der Waals surface area contributed by atoms with Crippen molar-refractivity contribution >= 4 is 11.6 Å². The number of nitrogens with zero attached hydrogens (tertiary/aromatic N) is 1. The second kappa shape index (κ2) is 5.92. The minimum Gasteiger partial charge on any atom is -0.398 e. The first-order valence-corrected chi connectivity index (χ1v) is 4.85. The van der Waals surface area contributed by atoms with E-state index in [0.717, 1.165) is 0 Å². The number of nitrogen functional groups attached to an aromatic ring is 1. The molecule has 1 amide bonds. The fraction of sp³-hybridized carbons (Fsp3) is 0.400. The van der Waals surface area contributed by atoms with Crippen LogP contribution in [0.15, 0.2) is 23.1 Å². The molecule has 0 radical (unpaired) electrons. The monoisotopic (exact) mass is 225 g/mol. The summed E-state index contributed by atoms with van der Waals surface area (Å²) >= 11 is 0. The fourth-order valence-electron chi connectivity index (χ4n) is 1.18. The van der Waals surface area contributed by atoms with E-state index >= 15 is 0 Å². The van der Waals surface area contributed by atoms with Gasteiger partial charge < -0.3 is 20.4 Å². The Morgan fingerprint density at radius 1 is 1.56 bits per heavy atom. The SMILES string of the molecule is COCCNC(=O)Cn1cc(N)ccc1=O. The molecule has 1 aromatic rings. The molecule has 0 aliphatic carbocycles. The molecular formula is C10H15N3O3. The first-order chi connectivity index (χ1) is 7.63. The van der Waals surface area contributed by atoms with E-state index in [-0.39, 0.29) is 18.0 Å². The molecule has 0 spiro atoms. The Labute approximate surface area is 93.0 Å². The first kappa shape index (κ1) is 12.3. The van der Waals surface area contributed by atoms with E-state index in [1.807, 2.05) is 0 Å². The third-order valence-corrected chi connectivity index (χ3v) is 1.95. The number of rotatable bonds is 5. The molecule has 1 aromatic heterocycles. The number of amides is 1. The van der Waals surface area contributed by atoms with Crippen LogP contribution in [0.25, 0.3) is 0 Å². The van der Waals surface area contributed by atoms with Crippen LogP contribution in [0.1, 0.15) is 0 Å². The quantitative estimate of drug-likeness (QED) is 0.642. The number of methoxy groups -OCH3 is 1. The number of carbonyl (C=O) groups is 1. The average Bonchev–Trinajstić information content (AvgIpc) is 2.24. The van der Waals surface area contributed by atoms with Crippen LogP contribution in [0.2, 0.25) is 0 Å². The Bertz CT molecular complexity index is 414. The molecule has 0 bridgehead atoms. The summed E-state index contributed by atoms with van der Waals surface area (Å²) in [7, 11) is 1.55. The van der Waals surface area contributed by atoms with Crippen LogP contribution in [0.5, 0.6) is 0 Å². The molecule has 88 valence electrons. The molecule has 1 rings (SSSR count). The van der Waals surface area contributed by atoms with Crippen molar-refractivity contribution in [3.05, 3.63) is 28.7 Å². The molecule has 6 nitrogen and oxygen atoms in total. The predicted octanol–water partition coefficient (Wildman–Crippen LogP) is -0.807. The number of nitrogens with one attached hydrogen (secondary N) is 1. The van der Waals surface area contributed by atoms with Crippen molar-refractivity contribution in [3.63, 3.8) is 0 Å². The summed E-state index contributed by atoms with van der Waals surface area (Å²) < 4.78 is 6.04. The second-order valence-electron chi connectivity index (χ2n) is 3.27. The first-order valence-electron chi connectivity index (χ1n) is 4.85. The summed E-state index contributed by atoms with van der Waals surface area (Å²) in [5.74, 6) is -0.246. The number of nitrogens with two attached hydrogens (primary N) is 1. The largest absolute Gasteiger partial charge is 0.398 e. The lowest BCUT2D eigenvalue weighted by atomic mass is 10.4. The Morgan fingerprint density at radius 3 is 3.00 bits per heavy atom. The summed E-state index contributed by atoms with van der Waals surface area (Å²) in [5.41, 5.74) is 5.71. The Balaban J connectivity index is 2.56. The molecule has 0 aliphatic heterocycles. The van der Waals surface area contributed by atoms with Gasteiger partial charge in [0, 0.05) is 31.6 Å². The molecule has 0 fully saturated rings. The number of hydrogen-bond donors (Lipinski definition) is 2. The van der Waals surface area contributed by atoms with Crippen molar-refractivity contribution in [1.29, 1.82) is 0 Å². The summed E-state index contributed by atoms with van der Waals surface area (Å²) in [6.07, 6.45) is 1.44. The number of carbonyl (C=O) groups excluding carboxylic acids is 1. The van der Waals surface area contributed by atoms with Gasteiger partial charge in [-0.25, -0.2) is 0 Å². The van der Waals surface area contributed by atoms with Crippen molar-refractivity contribution in [2.45, 2.75) is 6.54 Å². The van der Waals surface area contributed by atoms with Crippen LogP contribution in [-0.2, 0) is 16.1 Å². The van der Waals surface area contributed by atoms with Crippen molar-refractivity contribution < 1.29 is 9.53 Å². The number of hydrogen-bond acceptors (Lipinski definition) is 4. The molecule has 1 heterocycles. The molecule has 0 aromatic carbocycles. The van der Waals surface area contributed by atoms with Gasteiger partial charge in [-0.3, -0.25) is 9.59 Å². The standard InChI is InChI=1S/C10H15N3O3/c1-16-5-4-12-9(14)7-13-6-8(11)2-3-10(13)15/h2-3,6H,4-5,7,11H2,1H3,(H,12,14). The molecule has 16 heavy (non-hydrogen) atoms. The average molecular weight is 225 g/mol. The maximum absolute atomic E-state index is 11.4. The summed E-state index contributed by atoms with van der Waals surface area (Å²) in [6, 6.07) is 2.83. The van der Waals surface area contributed by atoms with Crippen LogP contribution in [0.4, 0.5) is 5.69 Å². The fourth-order valence-corrected chi connectivity index (χ4v) is 1.18. The number of anilines is 1. The van der Waals surface area contributed by atoms with Crippen molar-refractivity contribution in [2.75, 3.05) is 26.0 Å². The highest BCUT2D eigenvalue weighted by Gasteiger charge is 2.03. The van der Waals surface area contributed by atoms with E-state index in [1.54, 1.807) is 7.11 Å². The number of aromatic nitrogens is 1. The lowest BCUT2D eigenvalue weighted by Crippen LogP contribution is -2.33. The molecule has 0 unspecified atom stereocenters.